The fourth-order valence-corrected chi connectivity index (χ4v) is 2.46. The van der Waals surface area contributed by atoms with E-state index in [1.165, 1.54) is 0 Å². The minimum atomic E-state index is 0. The maximum Gasteiger partial charge on any atom is 0.227 e. The fraction of sp³-hybridized carbons (Fsp3) is 0.545. The van der Waals surface area contributed by atoms with Crippen LogP contribution in [0, 0.1) is 0 Å². The van der Waals surface area contributed by atoms with Crippen molar-refractivity contribution in [3.05, 3.63) is 22.4 Å². The van der Waals surface area contributed by atoms with Gasteiger partial charge in [-0.1, -0.05) is 6.07 Å². The van der Waals surface area contributed by atoms with Crippen LogP contribution in [0.2, 0.25) is 0 Å². The Morgan fingerprint density at radius 2 is 2.47 bits per heavy atom. The third-order valence-electron chi connectivity index (χ3n) is 2.66. The first-order valence-corrected chi connectivity index (χ1v) is 6.29. The van der Waals surface area contributed by atoms with Gasteiger partial charge < -0.3 is 15.4 Å². The zero-order chi connectivity index (χ0) is 11.4. The summed E-state index contributed by atoms with van der Waals surface area (Å²) in [4.78, 5) is 14.9. The maximum absolute atomic E-state index is 12.0. The predicted molar refractivity (Wildman–Crippen MR) is 70.6 cm³/mol. The molecule has 1 aromatic heterocycles. The third-order valence-corrected chi connectivity index (χ3v) is 3.54. The highest BCUT2D eigenvalue weighted by Crippen LogP contribution is 2.12. The Morgan fingerprint density at radius 1 is 1.65 bits per heavy atom. The van der Waals surface area contributed by atoms with Gasteiger partial charge in [-0.25, -0.2) is 0 Å². The topological polar surface area (TPSA) is 55.6 Å². The van der Waals surface area contributed by atoms with Gasteiger partial charge in [-0.3, -0.25) is 4.79 Å². The first-order chi connectivity index (χ1) is 7.79. The van der Waals surface area contributed by atoms with E-state index in [1.807, 2.05) is 22.4 Å². The Kier molecular flexibility index (Phi) is 5.91. The van der Waals surface area contributed by atoms with Crippen molar-refractivity contribution in [2.75, 3.05) is 26.2 Å². The SMILES string of the molecule is Cl.NCC1CN(C(=O)Cc2cccs2)CCO1. The van der Waals surface area contributed by atoms with Crippen molar-refractivity contribution in [3.63, 3.8) is 0 Å². The van der Waals surface area contributed by atoms with Crippen LogP contribution in [0.15, 0.2) is 17.5 Å². The second kappa shape index (κ2) is 6.96. The highest BCUT2D eigenvalue weighted by atomic mass is 35.5. The Balaban J connectivity index is 0.00000144. The van der Waals surface area contributed by atoms with Crippen molar-refractivity contribution in [1.29, 1.82) is 0 Å². The molecule has 1 aliphatic rings. The number of thiophene rings is 1. The largest absolute Gasteiger partial charge is 0.373 e. The number of hydrogen-bond donors (Lipinski definition) is 1. The van der Waals surface area contributed by atoms with E-state index in [0.29, 0.717) is 32.7 Å². The van der Waals surface area contributed by atoms with Crippen LogP contribution in [0.4, 0.5) is 0 Å². The lowest BCUT2D eigenvalue weighted by Crippen LogP contribution is -2.48. The summed E-state index contributed by atoms with van der Waals surface area (Å²) in [6, 6.07) is 3.96. The van der Waals surface area contributed by atoms with Gasteiger partial charge in [-0.15, -0.1) is 23.7 Å². The van der Waals surface area contributed by atoms with Crippen molar-refractivity contribution in [2.24, 2.45) is 5.73 Å². The summed E-state index contributed by atoms with van der Waals surface area (Å²) in [6.45, 7) is 2.38. The molecule has 1 aliphatic heterocycles. The molecule has 1 unspecified atom stereocenters. The average molecular weight is 277 g/mol. The van der Waals surface area contributed by atoms with Gasteiger partial charge in [-0.2, -0.15) is 0 Å². The zero-order valence-corrected chi connectivity index (χ0v) is 11.1. The molecule has 96 valence electrons. The zero-order valence-electron chi connectivity index (χ0n) is 9.50. The van der Waals surface area contributed by atoms with Gasteiger partial charge >= 0.3 is 0 Å². The van der Waals surface area contributed by atoms with Gasteiger partial charge in [0.2, 0.25) is 5.91 Å². The van der Waals surface area contributed by atoms with Crippen LogP contribution < -0.4 is 5.73 Å². The molecule has 1 aromatic rings. The molecule has 17 heavy (non-hydrogen) atoms. The normalized spacial score (nSPS) is 19.8. The maximum atomic E-state index is 12.0. The first kappa shape index (κ1) is 14.4. The highest BCUT2D eigenvalue weighted by molar-refractivity contribution is 7.10. The van der Waals surface area contributed by atoms with Crippen molar-refractivity contribution in [1.82, 2.24) is 4.90 Å². The van der Waals surface area contributed by atoms with E-state index < -0.39 is 0 Å². The summed E-state index contributed by atoms with van der Waals surface area (Å²) < 4.78 is 5.43. The number of halogens is 1. The van der Waals surface area contributed by atoms with Crippen LogP contribution >= 0.6 is 23.7 Å². The molecule has 0 aromatic carbocycles. The van der Waals surface area contributed by atoms with E-state index in [1.54, 1.807) is 11.3 Å². The van der Waals surface area contributed by atoms with E-state index in [0.717, 1.165) is 4.88 Å². The Morgan fingerprint density at radius 3 is 3.12 bits per heavy atom. The molecular formula is C11H17ClN2O2S. The standard InChI is InChI=1S/C11H16N2O2S.ClH/c12-7-9-8-13(3-4-15-9)11(14)6-10-2-1-5-16-10;/h1-2,5,9H,3-4,6-8,12H2;1H. The number of nitrogens with zero attached hydrogens (tertiary/aromatic N) is 1. The van der Waals surface area contributed by atoms with Crippen molar-refractivity contribution in [3.8, 4) is 0 Å². The van der Waals surface area contributed by atoms with Gasteiger partial charge in [0.05, 0.1) is 19.1 Å². The van der Waals surface area contributed by atoms with Crippen LogP contribution in [-0.4, -0.2) is 43.2 Å². The molecule has 2 heterocycles. The summed E-state index contributed by atoms with van der Waals surface area (Å²) in [6.07, 6.45) is 0.496. The quantitative estimate of drug-likeness (QED) is 0.892. The van der Waals surface area contributed by atoms with Crippen LogP contribution in [0.1, 0.15) is 4.88 Å². The minimum Gasteiger partial charge on any atom is -0.373 e. The number of carbonyl (C=O) groups excluding carboxylic acids is 1. The van der Waals surface area contributed by atoms with Crippen molar-refractivity contribution < 1.29 is 9.53 Å². The number of amides is 1. The molecule has 0 radical (unpaired) electrons. The molecule has 4 nitrogen and oxygen atoms in total. The number of morpholine rings is 1. The van der Waals surface area contributed by atoms with E-state index in [9.17, 15) is 4.79 Å². The second-order valence-electron chi connectivity index (χ2n) is 3.82. The third kappa shape index (κ3) is 3.96. The van der Waals surface area contributed by atoms with E-state index in [2.05, 4.69) is 0 Å². The van der Waals surface area contributed by atoms with Crippen LogP contribution in [-0.2, 0) is 16.0 Å². The van der Waals surface area contributed by atoms with Gasteiger partial charge in [0.1, 0.15) is 0 Å². The highest BCUT2D eigenvalue weighted by Gasteiger charge is 2.23. The van der Waals surface area contributed by atoms with Gasteiger partial charge in [0.25, 0.3) is 0 Å². The van der Waals surface area contributed by atoms with Gasteiger partial charge in [-0.05, 0) is 11.4 Å². The van der Waals surface area contributed by atoms with Crippen LogP contribution in [0.3, 0.4) is 0 Å². The molecule has 0 saturated carbocycles. The van der Waals surface area contributed by atoms with Crippen molar-refractivity contribution in [2.45, 2.75) is 12.5 Å². The van der Waals surface area contributed by atoms with Gasteiger partial charge in [0.15, 0.2) is 0 Å². The Bertz CT molecular complexity index is 345. The molecule has 1 saturated heterocycles. The number of rotatable bonds is 3. The smallest absolute Gasteiger partial charge is 0.227 e. The number of carbonyl (C=O) groups is 1. The number of hydrogen-bond acceptors (Lipinski definition) is 4. The first-order valence-electron chi connectivity index (χ1n) is 5.41. The lowest BCUT2D eigenvalue weighted by Gasteiger charge is -2.32. The Labute approximate surface area is 111 Å². The molecule has 0 aliphatic carbocycles. The van der Waals surface area contributed by atoms with Crippen LogP contribution in [0.25, 0.3) is 0 Å². The summed E-state index contributed by atoms with van der Waals surface area (Å²) in [7, 11) is 0. The average Bonchev–Trinajstić information content (AvgIpc) is 2.82. The summed E-state index contributed by atoms with van der Waals surface area (Å²) >= 11 is 1.62. The second-order valence-corrected chi connectivity index (χ2v) is 4.86. The monoisotopic (exact) mass is 276 g/mol. The molecule has 0 bridgehead atoms. The number of ether oxygens (including phenoxy) is 1. The molecule has 0 spiro atoms. The molecule has 2 N–H and O–H groups in total. The Hall–Kier alpha value is -0.620. The van der Waals surface area contributed by atoms with E-state index >= 15 is 0 Å². The number of nitrogens with two attached hydrogens (primary N) is 1. The lowest BCUT2D eigenvalue weighted by molar-refractivity contribution is -0.137. The van der Waals surface area contributed by atoms with Gasteiger partial charge in [0, 0.05) is 24.5 Å². The summed E-state index contributed by atoms with van der Waals surface area (Å²) in [5.41, 5.74) is 5.54. The van der Waals surface area contributed by atoms with Crippen LogP contribution in [0.5, 0.6) is 0 Å². The summed E-state index contributed by atoms with van der Waals surface area (Å²) in [5.74, 6) is 0.171. The molecule has 1 atom stereocenters. The predicted octanol–water partition coefficient (Wildman–Crippen LogP) is 0.898. The lowest BCUT2D eigenvalue weighted by atomic mass is 10.2. The molecule has 1 amide bonds. The molecular weight excluding hydrogens is 260 g/mol. The van der Waals surface area contributed by atoms with Crippen molar-refractivity contribution >= 4 is 29.7 Å². The van der Waals surface area contributed by atoms with E-state index in [-0.39, 0.29) is 24.4 Å². The molecule has 2 rings (SSSR count). The fourth-order valence-electron chi connectivity index (χ4n) is 1.76. The summed E-state index contributed by atoms with van der Waals surface area (Å²) in [5, 5.41) is 1.99. The molecule has 6 heteroatoms. The minimum absolute atomic E-state index is 0. The van der Waals surface area contributed by atoms with E-state index in [4.69, 9.17) is 10.5 Å². The molecule has 1 fully saturated rings.